The third-order valence-electron chi connectivity index (χ3n) is 2.88. The minimum absolute atomic E-state index is 0.173. The summed E-state index contributed by atoms with van der Waals surface area (Å²) >= 11 is 0. The van der Waals surface area contributed by atoms with E-state index in [0.717, 1.165) is 18.7 Å². The number of nitrogens with zero attached hydrogens (tertiary/aromatic N) is 3. The van der Waals surface area contributed by atoms with Gasteiger partial charge in [0.1, 0.15) is 0 Å². The van der Waals surface area contributed by atoms with Crippen molar-refractivity contribution in [3.05, 3.63) is 57.9 Å². The fourth-order valence-corrected chi connectivity index (χ4v) is 1.82. The summed E-state index contributed by atoms with van der Waals surface area (Å²) < 4.78 is 1.84. The van der Waals surface area contributed by atoms with Crippen molar-refractivity contribution in [3.8, 4) is 0 Å². The van der Waals surface area contributed by atoms with Crippen LogP contribution in [0.3, 0.4) is 0 Å². The van der Waals surface area contributed by atoms with Crippen molar-refractivity contribution in [1.29, 1.82) is 0 Å². The lowest BCUT2D eigenvalue weighted by Gasteiger charge is -2.06. The Morgan fingerprint density at radius 1 is 1.47 bits per heavy atom. The molecule has 0 atom stereocenters. The molecule has 1 N–H and O–H groups in total. The quantitative estimate of drug-likeness (QED) is 0.489. The number of nitrogens with one attached hydrogen (secondary N) is 1. The maximum absolute atomic E-state index is 10.8. The highest BCUT2D eigenvalue weighted by Crippen LogP contribution is 2.18. The summed E-state index contributed by atoms with van der Waals surface area (Å²) in [6.07, 6.45) is 3.64. The van der Waals surface area contributed by atoms with Gasteiger partial charge in [0.25, 0.3) is 5.69 Å². The Hall–Kier alpha value is -2.21. The van der Waals surface area contributed by atoms with Crippen molar-refractivity contribution in [2.75, 3.05) is 6.54 Å². The Bertz CT molecular complexity index is 552. The summed E-state index contributed by atoms with van der Waals surface area (Å²) in [4.78, 5) is 10.5. The number of hydrogen-bond donors (Lipinski definition) is 1. The van der Waals surface area contributed by atoms with Crippen LogP contribution in [0.15, 0.2) is 36.7 Å². The van der Waals surface area contributed by atoms with Crippen molar-refractivity contribution in [2.45, 2.75) is 20.0 Å². The maximum Gasteiger partial charge on any atom is 0.272 e. The normalized spacial score (nSPS) is 10.6. The lowest BCUT2D eigenvalue weighted by atomic mass is 10.1. The van der Waals surface area contributed by atoms with Crippen LogP contribution in [-0.4, -0.2) is 21.2 Å². The summed E-state index contributed by atoms with van der Waals surface area (Å²) in [6, 6.07) is 7.19. The van der Waals surface area contributed by atoms with Crippen LogP contribution in [-0.2, 0) is 13.1 Å². The second-order valence-corrected chi connectivity index (χ2v) is 4.32. The molecule has 6 nitrogen and oxygen atoms in total. The monoisotopic (exact) mass is 260 g/mol. The first-order valence-electron chi connectivity index (χ1n) is 6.09. The molecule has 0 unspecified atom stereocenters. The van der Waals surface area contributed by atoms with E-state index >= 15 is 0 Å². The van der Waals surface area contributed by atoms with Gasteiger partial charge in [-0.3, -0.25) is 14.8 Å². The van der Waals surface area contributed by atoms with Gasteiger partial charge in [-0.2, -0.15) is 5.10 Å². The smallest absolute Gasteiger partial charge is 0.272 e. The number of benzene rings is 1. The summed E-state index contributed by atoms with van der Waals surface area (Å²) in [5.41, 5.74) is 1.77. The largest absolute Gasteiger partial charge is 0.311 e. The molecule has 0 saturated carbocycles. The van der Waals surface area contributed by atoms with E-state index in [9.17, 15) is 10.1 Å². The second-order valence-electron chi connectivity index (χ2n) is 4.32. The van der Waals surface area contributed by atoms with E-state index in [4.69, 9.17) is 0 Å². The van der Waals surface area contributed by atoms with Crippen molar-refractivity contribution in [3.63, 3.8) is 0 Å². The van der Waals surface area contributed by atoms with Crippen molar-refractivity contribution >= 4 is 5.69 Å². The zero-order valence-electron chi connectivity index (χ0n) is 10.7. The molecule has 1 aromatic heterocycles. The number of rotatable bonds is 6. The third-order valence-corrected chi connectivity index (χ3v) is 2.88. The van der Waals surface area contributed by atoms with E-state index in [0.29, 0.717) is 12.1 Å². The highest BCUT2D eigenvalue weighted by Gasteiger charge is 2.10. The predicted molar refractivity (Wildman–Crippen MR) is 71.8 cm³/mol. The van der Waals surface area contributed by atoms with E-state index in [1.165, 1.54) is 0 Å². The lowest BCUT2D eigenvalue weighted by Crippen LogP contribution is -2.19. The molecule has 100 valence electrons. The van der Waals surface area contributed by atoms with Crippen LogP contribution < -0.4 is 5.32 Å². The van der Waals surface area contributed by atoms with Crippen LogP contribution in [0.4, 0.5) is 5.69 Å². The summed E-state index contributed by atoms with van der Waals surface area (Å²) in [5.74, 6) is 0. The summed E-state index contributed by atoms with van der Waals surface area (Å²) in [5, 5.41) is 18.2. The van der Waals surface area contributed by atoms with Gasteiger partial charge in [0.05, 0.1) is 11.5 Å². The van der Waals surface area contributed by atoms with Gasteiger partial charge >= 0.3 is 0 Å². The molecule has 1 heterocycles. The molecular weight excluding hydrogens is 244 g/mol. The minimum Gasteiger partial charge on any atom is -0.311 e. The molecule has 0 fully saturated rings. The van der Waals surface area contributed by atoms with Gasteiger partial charge in [-0.15, -0.1) is 0 Å². The molecule has 1 aromatic carbocycles. The number of nitro benzene ring substituents is 1. The highest BCUT2D eigenvalue weighted by atomic mass is 16.6. The fraction of sp³-hybridized carbons (Fsp3) is 0.308. The molecular formula is C13H16N4O2. The van der Waals surface area contributed by atoms with Crippen LogP contribution in [0, 0.1) is 17.0 Å². The Balaban J connectivity index is 1.86. The molecule has 0 aliphatic heterocycles. The highest BCUT2D eigenvalue weighted by molar-refractivity contribution is 5.42. The van der Waals surface area contributed by atoms with E-state index < -0.39 is 0 Å². The van der Waals surface area contributed by atoms with E-state index in [1.807, 2.05) is 23.0 Å². The molecule has 0 aliphatic carbocycles. The van der Waals surface area contributed by atoms with Crippen LogP contribution in [0.25, 0.3) is 0 Å². The van der Waals surface area contributed by atoms with Gasteiger partial charge < -0.3 is 5.32 Å². The van der Waals surface area contributed by atoms with E-state index in [2.05, 4.69) is 10.4 Å². The van der Waals surface area contributed by atoms with Crippen LogP contribution in [0.2, 0.25) is 0 Å². The van der Waals surface area contributed by atoms with Gasteiger partial charge in [0, 0.05) is 37.1 Å². The Labute approximate surface area is 111 Å². The van der Waals surface area contributed by atoms with E-state index in [-0.39, 0.29) is 10.6 Å². The molecule has 6 heteroatoms. The first-order chi connectivity index (χ1) is 9.16. The Morgan fingerprint density at radius 3 is 3.00 bits per heavy atom. The van der Waals surface area contributed by atoms with E-state index in [1.54, 1.807) is 25.3 Å². The lowest BCUT2D eigenvalue weighted by molar-refractivity contribution is -0.385. The van der Waals surface area contributed by atoms with Crippen molar-refractivity contribution < 1.29 is 4.92 Å². The number of nitro groups is 1. The standard InChI is InChI=1S/C13H16N4O2/c1-11-3-4-12(9-13(11)17(18)19)10-14-6-8-16-7-2-5-15-16/h2-5,7,9,14H,6,8,10H2,1H3. The summed E-state index contributed by atoms with van der Waals surface area (Å²) in [7, 11) is 0. The van der Waals surface area contributed by atoms with Crippen molar-refractivity contribution in [2.24, 2.45) is 0 Å². The topological polar surface area (TPSA) is 73.0 Å². The van der Waals surface area contributed by atoms with Crippen LogP contribution in [0.5, 0.6) is 0 Å². The SMILES string of the molecule is Cc1ccc(CNCCn2cccn2)cc1[N+](=O)[O-]. The molecule has 2 aromatic rings. The average molecular weight is 260 g/mol. The molecule has 0 aliphatic rings. The third kappa shape index (κ3) is 3.62. The molecule has 2 rings (SSSR count). The van der Waals surface area contributed by atoms with Crippen LogP contribution >= 0.6 is 0 Å². The van der Waals surface area contributed by atoms with Gasteiger partial charge in [-0.05, 0) is 18.6 Å². The second kappa shape index (κ2) is 6.10. The molecule has 0 saturated heterocycles. The molecule has 0 spiro atoms. The zero-order valence-corrected chi connectivity index (χ0v) is 10.7. The number of aryl methyl sites for hydroxylation is 1. The maximum atomic E-state index is 10.8. The molecule has 0 amide bonds. The van der Waals surface area contributed by atoms with Gasteiger partial charge in [-0.25, -0.2) is 0 Å². The average Bonchev–Trinajstić information content (AvgIpc) is 2.89. The number of hydrogen-bond acceptors (Lipinski definition) is 4. The fourth-order valence-electron chi connectivity index (χ4n) is 1.82. The minimum atomic E-state index is -0.345. The summed E-state index contributed by atoms with van der Waals surface area (Å²) in [6.45, 7) is 3.90. The molecule has 0 bridgehead atoms. The predicted octanol–water partition coefficient (Wildman–Crippen LogP) is 1.89. The van der Waals surface area contributed by atoms with Gasteiger partial charge in [0.15, 0.2) is 0 Å². The first-order valence-corrected chi connectivity index (χ1v) is 6.09. The number of aromatic nitrogens is 2. The first kappa shape index (κ1) is 13.2. The Morgan fingerprint density at radius 2 is 2.32 bits per heavy atom. The van der Waals surface area contributed by atoms with Crippen molar-refractivity contribution in [1.82, 2.24) is 15.1 Å². The molecule has 19 heavy (non-hydrogen) atoms. The Kier molecular flexibility index (Phi) is 4.25. The van der Waals surface area contributed by atoms with Crippen LogP contribution in [0.1, 0.15) is 11.1 Å². The zero-order chi connectivity index (χ0) is 13.7. The van der Waals surface area contributed by atoms with Gasteiger partial charge in [-0.1, -0.05) is 12.1 Å². The van der Waals surface area contributed by atoms with Gasteiger partial charge in [0.2, 0.25) is 0 Å². The molecule has 0 radical (unpaired) electrons.